The molecule has 1 atom stereocenters. The highest BCUT2D eigenvalue weighted by Gasteiger charge is 2.36. The van der Waals surface area contributed by atoms with Crippen LogP contribution in [0, 0.1) is 17.0 Å². The molecular formula is C20H19N3O6S3. The average molecular weight is 494 g/mol. The van der Waals surface area contributed by atoms with Crippen molar-refractivity contribution < 1.29 is 22.6 Å². The fourth-order valence-electron chi connectivity index (χ4n) is 3.48. The molecule has 0 bridgehead atoms. The van der Waals surface area contributed by atoms with Gasteiger partial charge in [-0.2, -0.15) is 0 Å². The lowest BCUT2D eigenvalue weighted by Crippen LogP contribution is -2.40. The monoisotopic (exact) mass is 493 g/mol. The number of furan rings is 1. The second-order valence-electron chi connectivity index (χ2n) is 7.37. The van der Waals surface area contributed by atoms with E-state index < -0.39 is 26.7 Å². The Morgan fingerprint density at radius 1 is 1.41 bits per heavy atom. The summed E-state index contributed by atoms with van der Waals surface area (Å²) in [7, 11) is -3.24. The first kappa shape index (κ1) is 22.5. The Morgan fingerprint density at radius 3 is 2.81 bits per heavy atom. The summed E-state index contributed by atoms with van der Waals surface area (Å²) < 4.78 is 30.0. The Bertz CT molecular complexity index is 1250. The molecule has 12 heteroatoms. The molecular weight excluding hydrogens is 474 g/mol. The van der Waals surface area contributed by atoms with Crippen LogP contribution < -0.4 is 0 Å². The number of thiazole rings is 1. The minimum atomic E-state index is -3.24. The number of hydrogen-bond acceptors (Lipinski definition) is 9. The van der Waals surface area contributed by atoms with Gasteiger partial charge in [-0.05, 0) is 37.6 Å². The Morgan fingerprint density at radius 2 is 2.22 bits per heavy atom. The molecule has 0 radical (unpaired) electrons. The largest absolute Gasteiger partial charge is 0.467 e. The van der Waals surface area contributed by atoms with Crippen molar-refractivity contribution in [1.29, 1.82) is 0 Å². The number of aryl methyl sites for hydroxylation is 1. The Kier molecular flexibility index (Phi) is 6.35. The smallest absolute Gasteiger partial charge is 0.284 e. The number of rotatable bonds is 7. The third kappa shape index (κ3) is 5.03. The van der Waals surface area contributed by atoms with Crippen molar-refractivity contribution in [2.24, 2.45) is 0 Å². The molecule has 1 fully saturated rings. The van der Waals surface area contributed by atoms with Gasteiger partial charge < -0.3 is 9.32 Å². The molecule has 0 unspecified atom stereocenters. The number of nitro groups is 1. The number of nitro benzene ring substituents is 1. The summed E-state index contributed by atoms with van der Waals surface area (Å²) in [6, 6.07) is 7.15. The van der Waals surface area contributed by atoms with Crippen LogP contribution in [0.4, 0.5) is 5.69 Å². The summed E-state index contributed by atoms with van der Waals surface area (Å²) in [5.41, 5.74) is 0.741. The minimum Gasteiger partial charge on any atom is -0.467 e. The normalized spacial score (nSPS) is 17.3. The molecule has 2 aromatic heterocycles. The van der Waals surface area contributed by atoms with E-state index in [0.29, 0.717) is 21.4 Å². The summed E-state index contributed by atoms with van der Waals surface area (Å²) in [6.45, 7) is 1.92. The van der Waals surface area contributed by atoms with Crippen molar-refractivity contribution in [3.8, 4) is 0 Å². The number of sulfone groups is 1. The topological polar surface area (TPSA) is 124 Å². The molecule has 4 rings (SSSR count). The van der Waals surface area contributed by atoms with E-state index in [1.807, 2.05) is 12.3 Å². The molecule has 3 aromatic rings. The predicted molar refractivity (Wildman–Crippen MR) is 120 cm³/mol. The van der Waals surface area contributed by atoms with Gasteiger partial charge in [0.25, 0.3) is 11.6 Å². The van der Waals surface area contributed by atoms with Gasteiger partial charge in [0.1, 0.15) is 5.76 Å². The van der Waals surface area contributed by atoms with E-state index in [2.05, 4.69) is 4.98 Å². The maximum Gasteiger partial charge on any atom is 0.284 e. The first-order valence-corrected chi connectivity index (χ1v) is 13.2. The molecule has 32 heavy (non-hydrogen) atoms. The van der Waals surface area contributed by atoms with E-state index in [-0.39, 0.29) is 29.3 Å². The molecule has 1 aliphatic rings. The highest BCUT2D eigenvalue weighted by atomic mass is 32.2. The van der Waals surface area contributed by atoms with Crippen LogP contribution in [0.1, 0.15) is 28.2 Å². The molecule has 3 heterocycles. The Balaban J connectivity index is 1.65. The molecule has 0 aliphatic carbocycles. The summed E-state index contributed by atoms with van der Waals surface area (Å²) >= 11 is 2.55. The number of hydrogen-bond donors (Lipinski definition) is 0. The van der Waals surface area contributed by atoms with Gasteiger partial charge in [0.15, 0.2) is 14.2 Å². The van der Waals surface area contributed by atoms with Gasteiger partial charge in [0.05, 0.1) is 34.1 Å². The number of amides is 1. The van der Waals surface area contributed by atoms with Gasteiger partial charge >= 0.3 is 0 Å². The molecule has 1 aliphatic heterocycles. The Labute approximate surface area is 192 Å². The molecule has 1 saturated heterocycles. The van der Waals surface area contributed by atoms with Crippen LogP contribution in [0.2, 0.25) is 0 Å². The minimum absolute atomic E-state index is 0.00254. The van der Waals surface area contributed by atoms with Crippen molar-refractivity contribution >= 4 is 44.5 Å². The van der Waals surface area contributed by atoms with Crippen molar-refractivity contribution in [1.82, 2.24) is 9.88 Å². The second-order valence-corrected chi connectivity index (χ2v) is 11.7. The van der Waals surface area contributed by atoms with Crippen molar-refractivity contribution in [2.45, 2.75) is 35.2 Å². The van der Waals surface area contributed by atoms with E-state index in [9.17, 15) is 23.3 Å². The quantitative estimate of drug-likeness (QED) is 0.358. The van der Waals surface area contributed by atoms with Gasteiger partial charge in [0, 0.05) is 28.7 Å². The van der Waals surface area contributed by atoms with Crippen molar-refractivity contribution in [3.63, 3.8) is 0 Å². The van der Waals surface area contributed by atoms with Gasteiger partial charge in [-0.25, -0.2) is 13.4 Å². The van der Waals surface area contributed by atoms with Crippen LogP contribution in [-0.2, 0) is 16.4 Å². The van der Waals surface area contributed by atoms with Gasteiger partial charge in [-0.15, -0.1) is 11.3 Å². The predicted octanol–water partition coefficient (Wildman–Crippen LogP) is 3.93. The van der Waals surface area contributed by atoms with Crippen LogP contribution in [0.3, 0.4) is 0 Å². The SMILES string of the molecule is Cc1csc(Sc2ccc(C(=O)N(Cc3ccco3)[C@H]3CCS(=O)(=O)C3)cc2[N+](=O)[O-])n1. The second kappa shape index (κ2) is 9.04. The number of carbonyl (C=O) groups is 1. The first-order valence-electron chi connectivity index (χ1n) is 9.64. The van der Waals surface area contributed by atoms with Gasteiger partial charge in [-0.3, -0.25) is 14.9 Å². The first-order chi connectivity index (χ1) is 15.2. The lowest BCUT2D eigenvalue weighted by atomic mass is 10.1. The van der Waals surface area contributed by atoms with E-state index in [1.54, 1.807) is 12.1 Å². The van der Waals surface area contributed by atoms with Crippen molar-refractivity contribution in [2.75, 3.05) is 11.5 Å². The molecule has 9 nitrogen and oxygen atoms in total. The molecule has 0 saturated carbocycles. The summed E-state index contributed by atoms with van der Waals surface area (Å²) in [5.74, 6) is -0.113. The maximum absolute atomic E-state index is 13.4. The zero-order chi connectivity index (χ0) is 22.9. The van der Waals surface area contributed by atoms with Crippen LogP contribution >= 0.6 is 23.1 Å². The summed E-state index contributed by atoms with van der Waals surface area (Å²) in [4.78, 5) is 30.7. The van der Waals surface area contributed by atoms with Crippen molar-refractivity contribution in [3.05, 3.63) is 69.1 Å². The highest BCUT2D eigenvalue weighted by Crippen LogP contribution is 2.37. The van der Waals surface area contributed by atoms with Crippen LogP contribution in [0.25, 0.3) is 0 Å². The molecule has 1 amide bonds. The van der Waals surface area contributed by atoms with Crippen LogP contribution in [0.5, 0.6) is 0 Å². The average Bonchev–Trinajstić information content (AvgIpc) is 3.48. The third-order valence-electron chi connectivity index (χ3n) is 5.01. The molecule has 0 spiro atoms. The zero-order valence-electron chi connectivity index (χ0n) is 17.0. The lowest BCUT2D eigenvalue weighted by molar-refractivity contribution is -0.387. The van der Waals surface area contributed by atoms with E-state index in [1.165, 1.54) is 52.5 Å². The van der Waals surface area contributed by atoms with E-state index in [4.69, 9.17) is 4.42 Å². The summed E-state index contributed by atoms with van der Waals surface area (Å²) in [5, 5.41) is 13.6. The number of benzene rings is 1. The van der Waals surface area contributed by atoms with Crippen LogP contribution in [-0.4, -0.2) is 46.7 Å². The van der Waals surface area contributed by atoms with Gasteiger partial charge in [0.2, 0.25) is 0 Å². The van der Waals surface area contributed by atoms with E-state index in [0.717, 1.165) is 5.69 Å². The number of carbonyl (C=O) groups excluding carboxylic acids is 1. The van der Waals surface area contributed by atoms with Crippen LogP contribution in [0.15, 0.2) is 55.6 Å². The molecule has 1 aromatic carbocycles. The summed E-state index contributed by atoms with van der Waals surface area (Å²) in [6.07, 6.45) is 1.79. The van der Waals surface area contributed by atoms with E-state index >= 15 is 0 Å². The fraction of sp³-hybridized carbons (Fsp3) is 0.300. The number of nitrogens with zero attached hydrogens (tertiary/aromatic N) is 3. The highest BCUT2D eigenvalue weighted by molar-refractivity contribution is 8.01. The Hall–Kier alpha value is -2.70. The molecule has 168 valence electrons. The van der Waals surface area contributed by atoms with Gasteiger partial charge in [-0.1, -0.05) is 11.8 Å². The lowest BCUT2D eigenvalue weighted by Gasteiger charge is -2.27. The molecule has 0 N–H and O–H groups in total. The standard InChI is InChI=1S/C20H19N3O6S3/c1-13-11-30-20(21-13)31-18-5-4-14(9-17(18)23(25)26)19(24)22(10-16-3-2-7-29-16)15-6-8-32(27,28)12-15/h2-5,7,9,11,15H,6,8,10,12H2,1H3/t15-/m0/s1. The number of aromatic nitrogens is 1. The zero-order valence-corrected chi connectivity index (χ0v) is 19.4. The maximum atomic E-state index is 13.4. The third-order valence-corrected chi connectivity index (χ3v) is 8.89. The fourth-order valence-corrected chi connectivity index (χ4v) is 7.09.